The first-order valence-electron chi connectivity index (χ1n) is 8.16. The zero-order valence-corrected chi connectivity index (χ0v) is 14.2. The van der Waals surface area contributed by atoms with Gasteiger partial charge in [-0.25, -0.2) is 4.98 Å². The third-order valence-corrected chi connectivity index (χ3v) is 4.59. The Bertz CT molecular complexity index is 748. The largest absolute Gasteiger partial charge is 0.507 e. The Morgan fingerprint density at radius 2 is 2.16 bits per heavy atom. The van der Waals surface area contributed by atoms with E-state index in [2.05, 4.69) is 4.98 Å². The molecule has 1 N–H and O–H groups in total. The maximum Gasteiger partial charge on any atom is 0.216 e. The van der Waals surface area contributed by atoms with Crippen LogP contribution in [0.3, 0.4) is 0 Å². The van der Waals surface area contributed by atoms with Gasteiger partial charge in [-0.05, 0) is 25.1 Å². The van der Waals surface area contributed by atoms with E-state index < -0.39 is 0 Å². The van der Waals surface area contributed by atoms with Crippen molar-refractivity contribution in [1.82, 2.24) is 4.98 Å². The van der Waals surface area contributed by atoms with E-state index in [1.165, 1.54) is 6.07 Å². The molecule has 3 rings (SSSR count). The molecule has 0 unspecified atom stereocenters. The molecule has 0 amide bonds. The molecule has 0 aliphatic carbocycles. The number of pyridine rings is 1. The van der Waals surface area contributed by atoms with Crippen molar-refractivity contribution in [3.05, 3.63) is 47.7 Å². The zero-order valence-electron chi connectivity index (χ0n) is 14.2. The molecule has 1 fully saturated rings. The molecule has 6 heteroatoms. The van der Waals surface area contributed by atoms with Crippen molar-refractivity contribution in [2.75, 3.05) is 20.3 Å². The lowest BCUT2D eigenvalue weighted by molar-refractivity contribution is 0.108. The summed E-state index contributed by atoms with van der Waals surface area (Å²) in [5.41, 5.74) is 1.14. The second kappa shape index (κ2) is 7.53. The topological polar surface area (TPSA) is 77.9 Å². The molecule has 1 aromatic heterocycles. The number of carbonyl (C=O) groups is 1. The van der Waals surface area contributed by atoms with Crippen LogP contribution in [0.2, 0.25) is 0 Å². The highest BCUT2D eigenvalue weighted by Crippen LogP contribution is 2.38. The van der Waals surface area contributed by atoms with Gasteiger partial charge in [0.05, 0.1) is 25.9 Å². The number of hydrogen-bond acceptors (Lipinski definition) is 6. The molecule has 0 saturated carbocycles. The highest BCUT2D eigenvalue weighted by atomic mass is 16.5. The van der Waals surface area contributed by atoms with Crippen LogP contribution in [0.15, 0.2) is 36.5 Å². The molecule has 0 bridgehead atoms. The number of nitrogens with zero attached hydrogens (tertiary/aromatic N) is 1. The van der Waals surface area contributed by atoms with Crippen LogP contribution in [0.4, 0.5) is 0 Å². The minimum atomic E-state index is -0.224. The second-order valence-corrected chi connectivity index (χ2v) is 6.04. The number of carbonyl (C=O) groups excluding carboxylic acids is 1. The van der Waals surface area contributed by atoms with Crippen LogP contribution in [0.1, 0.15) is 28.8 Å². The quantitative estimate of drug-likeness (QED) is 0.813. The van der Waals surface area contributed by atoms with E-state index in [1.54, 1.807) is 25.4 Å². The van der Waals surface area contributed by atoms with Gasteiger partial charge in [0.25, 0.3) is 0 Å². The lowest BCUT2D eigenvalue weighted by atomic mass is 9.86. The van der Waals surface area contributed by atoms with E-state index >= 15 is 0 Å². The smallest absolute Gasteiger partial charge is 0.216 e. The average Bonchev–Trinajstić information content (AvgIpc) is 3.11. The predicted molar refractivity (Wildman–Crippen MR) is 91.4 cm³/mol. The van der Waals surface area contributed by atoms with Crippen LogP contribution in [0, 0.1) is 5.92 Å². The summed E-state index contributed by atoms with van der Waals surface area (Å²) in [6.07, 6.45) is 2.07. The minimum Gasteiger partial charge on any atom is -0.507 e. The van der Waals surface area contributed by atoms with Crippen molar-refractivity contribution in [3.8, 4) is 17.4 Å². The molecule has 0 radical (unpaired) electrons. The van der Waals surface area contributed by atoms with Gasteiger partial charge in [0.2, 0.25) is 5.88 Å². The summed E-state index contributed by atoms with van der Waals surface area (Å²) < 4.78 is 17.0. The van der Waals surface area contributed by atoms with Gasteiger partial charge in [-0.3, -0.25) is 4.79 Å². The van der Waals surface area contributed by atoms with Crippen molar-refractivity contribution < 1.29 is 24.1 Å². The molecule has 2 heterocycles. The number of methoxy groups -OCH3 is 1. The maximum absolute atomic E-state index is 11.2. The summed E-state index contributed by atoms with van der Waals surface area (Å²) >= 11 is 0. The van der Waals surface area contributed by atoms with Gasteiger partial charge in [-0.1, -0.05) is 12.1 Å². The average molecular weight is 343 g/mol. The van der Waals surface area contributed by atoms with E-state index in [1.807, 2.05) is 19.1 Å². The van der Waals surface area contributed by atoms with Crippen molar-refractivity contribution in [2.45, 2.75) is 18.9 Å². The van der Waals surface area contributed by atoms with Gasteiger partial charge in [0.1, 0.15) is 17.6 Å². The molecule has 1 saturated heterocycles. The van der Waals surface area contributed by atoms with E-state index in [9.17, 15) is 9.90 Å². The van der Waals surface area contributed by atoms with Gasteiger partial charge in [-0.2, -0.15) is 0 Å². The lowest BCUT2D eigenvalue weighted by Crippen LogP contribution is -2.29. The summed E-state index contributed by atoms with van der Waals surface area (Å²) in [5.74, 6) is 1.01. The summed E-state index contributed by atoms with van der Waals surface area (Å²) in [6, 6.07) is 8.64. The van der Waals surface area contributed by atoms with E-state index in [-0.39, 0.29) is 29.3 Å². The van der Waals surface area contributed by atoms with Crippen LogP contribution in [0.25, 0.3) is 0 Å². The van der Waals surface area contributed by atoms with Gasteiger partial charge in [0.15, 0.2) is 6.29 Å². The number of phenols is 1. The summed E-state index contributed by atoms with van der Waals surface area (Å²) in [6.45, 7) is 3.04. The molecular formula is C19H21NO5. The first-order valence-corrected chi connectivity index (χ1v) is 8.16. The minimum absolute atomic E-state index is 0.0694. The normalized spacial score (nSPS) is 20.9. The van der Waals surface area contributed by atoms with Crippen LogP contribution >= 0.6 is 0 Å². The van der Waals surface area contributed by atoms with Crippen molar-refractivity contribution in [3.63, 3.8) is 0 Å². The van der Waals surface area contributed by atoms with Gasteiger partial charge >= 0.3 is 0 Å². The fourth-order valence-corrected chi connectivity index (χ4v) is 3.25. The predicted octanol–water partition coefficient (Wildman–Crippen LogP) is 2.81. The Balaban J connectivity index is 1.83. The Morgan fingerprint density at radius 1 is 1.32 bits per heavy atom. The Morgan fingerprint density at radius 3 is 2.92 bits per heavy atom. The molecule has 6 nitrogen and oxygen atoms in total. The number of hydrogen-bond donors (Lipinski definition) is 1. The number of aromatic nitrogens is 1. The Hall–Kier alpha value is -2.60. The number of ether oxygens (including phenoxy) is 3. The molecule has 3 atom stereocenters. The maximum atomic E-state index is 11.2. The van der Waals surface area contributed by atoms with Gasteiger partial charge in [0, 0.05) is 23.6 Å². The first-order chi connectivity index (χ1) is 12.2. The first kappa shape index (κ1) is 17.2. The molecule has 25 heavy (non-hydrogen) atoms. The molecular weight excluding hydrogens is 322 g/mol. The molecule has 1 aliphatic heterocycles. The van der Waals surface area contributed by atoms with E-state index in [0.29, 0.717) is 31.1 Å². The van der Waals surface area contributed by atoms with E-state index in [4.69, 9.17) is 14.2 Å². The number of aldehydes is 1. The van der Waals surface area contributed by atoms with Crippen molar-refractivity contribution >= 4 is 6.29 Å². The highest BCUT2D eigenvalue weighted by Gasteiger charge is 2.37. The molecule has 0 spiro atoms. The highest BCUT2D eigenvalue weighted by molar-refractivity contribution is 5.83. The van der Waals surface area contributed by atoms with Gasteiger partial charge < -0.3 is 19.3 Å². The Labute approximate surface area is 146 Å². The van der Waals surface area contributed by atoms with Crippen molar-refractivity contribution in [1.29, 1.82) is 0 Å². The Kier molecular flexibility index (Phi) is 5.19. The summed E-state index contributed by atoms with van der Waals surface area (Å²) in [4.78, 5) is 15.5. The van der Waals surface area contributed by atoms with Crippen LogP contribution in [0.5, 0.6) is 17.4 Å². The third kappa shape index (κ3) is 3.44. The molecule has 132 valence electrons. The second-order valence-electron chi connectivity index (χ2n) is 6.04. The molecule has 1 aromatic carbocycles. The van der Waals surface area contributed by atoms with E-state index in [0.717, 1.165) is 5.56 Å². The van der Waals surface area contributed by atoms with Crippen LogP contribution in [-0.4, -0.2) is 42.8 Å². The zero-order chi connectivity index (χ0) is 17.8. The number of aromatic hydroxyl groups is 1. The third-order valence-electron chi connectivity index (χ3n) is 4.59. The number of phenolic OH excluding ortho intramolecular Hbond substituents is 1. The lowest BCUT2D eigenvalue weighted by Gasteiger charge is -2.26. The number of rotatable bonds is 6. The molecule has 1 aliphatic rings. The van der Waals surface area contributed by atoms with Crippen molar-refractivity contribution in [2.24, 2.45) is 5.92 Å². The van der Waals surface area contributed by atoms with Gasteiger partial charge in [-0.15, -0.1) is 0 Å². The van der Waals surface area contributed by atoms with Crippen LogP contribution in [-0.2, 0) is 4.74 Å². The summed E-state index contributed by atoms with van der Waals surface area (Å²) in [7, 11) is 1.60. The molecule has 2 aromatic rings. The summed E-state index contributed by atoms with van der Waals surface area (Å²) in [5, 5.41) is 9.81. The SMILES string of the molecule is COc1ncccc1[C@H]1COC[C@@H]1[C@H](C)Oc1cccc(O)c1C=O. The fourth-order valence-electron chi connectivity index (χ4n) is 3.25. The van der Waals surface area contributed by atoms with Crippen LogP contribution < -0.4 is 9.47 Å². The number of benzene rings is 1. The standard InChI is InChI=1S/C19H21NO5/c1-12(25-18-7-3-6-17(22)14(18)9-21)15-10-24-11-16(15)13-5-4-8-20-19(13)23-2/h3-9,12,15-16,22H,10-11H2,1-2H3/t12-,15+,16+/m0/s1. The monoisotopic (exact) mass is 343 g/mol. The fraction of sp³-hybridized carbons (Fsp3) is 0.368.